The van der Waals surface area contributed by atoms with Gasteiger partial charge in [0, 0.05) is 11.6 Å². The Balaban J connectivity index is 2.11. The van der Waals surface area contributed by atoms with Crippen LogP contribution in [0.2, 0.25) is 5.02 Å². The molecular formula is C13H16ClN5O. The van der Waals surface area contributed by atoms with Crippen molar-refractivity contribution in [2.45, 2.75) is 26.5 Å². The maximum atomic E-state index is 7.35. The minimum absolute atomic E-state index is 0.0296. The maximum Gasteiger partial charge on any atom is 0.165 e. The number of hydrogen-bond donors (Lipinski definition) is 2. The lowest BCUT2D eigenvalue weighted by atomic mass is 10.2. The number of rotatable bonds is 5. The zero-order chi connectivity index (χ0) is 14.7. The molecule has 1 heterocycles. The topological polar surface area (TPSA) is 89.8 Å². The van der Waals surface area contributed by atoms with Gasteiger partial charge in [0.1, 0.15) is 24.5 Å². The molecule has 6 nitrogen and oxygen atoms in total. The highest BCUT2D eigenvalue weighted by molar-refractivity contribution is 6.32. The summed E-state index contributed by atoms with van der Waals surface area (Å²) in [6.45, 7) is 4.32. The second-order valence-electron chi connectivity index (χ2n) is 4.56. The normalized spacial score (nSPS) is 10.8. The van der Waals surface area contributed by atoms with Crippen molar-refractivity contribution < 1.29 is 4.74 Å². The Morgan fingerprint density at radius 3 is 2.85 bits per heavy atom. The monoisotopic (exact) mass is 293 g/mol. The quantitative estimate of drug-likeness (QED) is 0.654. The van der Waals surface area contributed by atoms with Gasteiger partial charge in [-0.15, -0.1) is 0 Å². The van der Waals surface area contributed by atoms with Crippen LogP contribution in [0.4, 0.5) is 0 Å². The molecule has 1 aromatic heterocycles. The van der Waals surface area contributed by atoms with E-state index < -0.39 is 0 Å². The van der Waals surface area contributed by atoms with Crippen molar-refractivity contribution >= 4 is 17.4 Å². The van der Waals surface area contributed by atoms with E-state index in [4.69, 9.17) is 27.5 Å². The van der Waals surface area contributed by atoms with Gasteiger partial charge in [-0.1, -0.05) is 11.6 Å². The predicted molar refractivity (Wildman–Crippen MR) is 77.2 cm³/mol. The van der Waals surface area contributed by atoms with Crippen LogP contribution in [-0.4, -0.2) is 20.6 Å². The van der Waals surface area contributed by atoms with E-state index in [0.29, 0.717) is 16.3 Å². The van der Waals surface area contributed by atoms with Crippen LogP contribution in [0, 0.1) is 5.41 Å². The first-order valence-corrected chi connectivity index (χ1v) is 6.52. The molecule has 0 saturated heterocycles. The number of nitrogens with two attached hydrogens (primary N) is 1. The SMILES string of the molecule is CC(C)n1ncnc1COc1ccc(C(=N)N)cc1Cl. The molecule has 0 aliphatic rings. The minimum atomic E-state index is -0.0296. The van der Waals surface area contributed by atoms with E-state index in [0.717, 1.165) is 5.82 Å². The molecule has 3 N–H and O–H groups in total. The summed E-state index contributed by atoms with van der Waals surface area (Å²) in [6, 6.07) is 5.20. The summed E-state index contributed by atoms with van der Waals surface area (Å²) in [5.74, 6) is 1.22. The molecule has 0 fully saturated rings. The lowest BCUT2D eigenvalue weighted by molar-refractivity contribution is 0.282. The van der Waals surface area contributed by atoms with Crippen LogP contribution in [0.25, 0.3) is 0 Å². The van der Waals surface area contributed by atoms with Crippen molar-refractivity contribution in [3.8, 4) is 5.75 Å². The van der Waals surface area contributed by atoms with Crippen LogP contribution >= 0.6 is 11.6 Å². The van der Waals surface area contributed by atoms with Gasteiger partial charge in [-0.2, -0.15) is 5.10 Å². The molecule has 2 aromatic rings. The number of amidine groups is 1. The van der Waals surface area contributed by atoms with Gasteiger partial charge in [-0.25, -0.2) is 9.67 Å². The second-order valence-corrected chi connectivity index (χ2v) is 4.97. The van der Waals surface area contributed by atoms with E-state index in [9.17, 15) is 0 Å². The highest BCUT2D eigenvalue weighted by Crippen LogP contribution is 2.26. The van der Waals surface area contributed by atoms with Crippen molar-refractivity contribution in [1.82, 2.24) is 14.8 Å². The second kappa shape index (κ2) is 5.92. The van der Waals surface area contributed by atoms with Crippen molar-refractivity contribution in [2.75, 3.05) is 0 Å². The Bertz CT molecular complexity index is 623. The fourth-order valence-corrected chi connectivity index (χ4v) is 1.97. The van der Waals surface area contributed by atoms with Crippen LogP contribution in [0.3, 0.4) is 0 Å². The molecule has 0 saturated carbocycles. The van der Waals surface area contributed by atoms with Gasteiger partial charge in [0.25, 0.3) is 0 Å². The molecule has 106 valence electrons. The Labute approximate surface area is 122 Å². The van der Waals surface area contributed by atoms with Crippen molar-refractivity contribution in [1.29, 1.82) is 5.41 Å². The third-order valence-electron chi connectivity index (χ3n) is 2.74. The molecule has 0 spiro atoms. The molecule has 0 aliphatic carbocycles. The lowest BCUT2D eigenvalue weighted by Gasteiger charge is -2.11. The highest BCUT2D eigenvalue weighted by atomic mass is 35.5. The number of hydrogen-bond acceptors (Lipinski definition) is 4. The van der Waals surface area contributed by atoms with Gasteiger partial charge in [0.2, 0.25) is 0 Å². The molecule has 0 atom stereocenters. The minimum Gasteiger partial charge on any atom is -0.484 e. The van der Waals surface area contributed by atoms with Crippen LogP contribution in [0.5, 0.6) is 5.75 Å². The summed E-state index contributed by atoms with van der Waals surface area (Å²) in [5.41, 5.74) is 5.96. The molecule has 1 aromatic carbocycles. The highest BCUT2D eigenvalue weighted by Gasteiger charge is 2.10. The Kier molecular flexibility index (Phi) is 4.24. The Morgan fingerprint density at radius 1 is 1.50 bits per heavy atom. The van der Waals surface area contributed by atoms with Crippen LogP contribution in [-0.2, 0) is 6.61 Å². The molecule has 0 unspecified atom stereocenters. The van der Waals surface area contributed by atoms with Gasteiger partial charge >= 0.3 is 0 Å². The Hall–Kier alpha value is -2.08. The third kappa shape index (κ3) is 3.08. The van der Waals surface area contributed by atoms with Gasteiger partial charge in [-0.3, -0.25) is 5.41 Å². The summed E-state index contributed by atoms with van der Waals surface area (Å²) >= 11 is 6.10. The molecule has 0 amide bonds. The van der Waals surface area contributed by atoms with Crippen molar-refractivity contribution in [3.63, 3.8) is 0 Å². The summed E-state index contributed by atoms with van der Waals surface area (Å²) in [5, 5.41) is 11.9. The summed E-state index contributed by atoms with van der Waals surface area (Å²) in [7, 11) is 0. The maximum absolute atomic E-state index is 7.35. The first-order valence-electron chi connectivity index (χ1n) is 6.14. The third-order valence-corrected chi connectivity index (χ3v) is 3.03. The van der Waals surface area contributed by atoms with Gasteiger partial charge in [0.15, 0.2) is 5.82 Å². The average molecular weight is 294 g/mol. The number of ether oxygens (including phenoxy) is 1. The number of nitrogens with one attached hydrogen (secondary N) is 1. The van der Waals surface area contributed by atoms with E-state index in [1.54, 1.807) is 22.9 Å². The molecule has 7 heteroatoms. The molecular weight excluding hydrogens is 278 g/mol. The number of nitrogen functional groups attached to an aromatic ring is 1. The van der Waals surface area contributed by atoms with Crippen LogP contribution in [0.1, 0.15) is 31.3 Å². The van der Waals surface area contributed by atoms with E-state index >= 15 is 0 Å². The number of benzene rings is 1. The number of halogens is 1. The number of nitrogens with zero attached hydrogens (tertiary/aromatic N) is 3. The fraction of sp³-hybridized carbons (Fsp3) is 0.308. The molecule has 20 heavy (non-hydrogen) atoms. The Morgan fingerprint density at radius 2 is 2.25 bits per heavy atom. The zero-order valence-electron chi connectivity index (χ0n) is 11.3. The lowest BCUT2D eigenvalue weighted by Crippen LogP contribution is -2.12. The standard InChI is InChI=1S/C13H16ClN5O/c1-8(2)19-12(17-7-18-19)6-20-11-4-3-9(13(15)16)5-10(11)14/h3-5,7-8H,6H2,1-2H3,(H3,15,16). The number of aromatic nitrogens is 3. The first kappa shape index (κ1) is 14.3. The molecule has 0 aliphatic heterocycles. The van der Waals surface area contributed by atoms with Gasteiger partial charge in [-0.05, 0) is 32.0 Å². The van der Waals surface area contributed by atoms with E-state index in [1.807, 2.05) is 13.8 Å². The average Bonchev–Trinajstić information content (AvgIpc) is 2.85. The van der Waals surface area contributed by atoms with Crippen molar-refractivity contribution in [2.24, 2.45) is 5.73 Å². The van der Waals surface area contributed by atoms with E-state index in [-0.39, 0.29) is 18.5 Å². The molecule has 0 bridgehead atoms. The summed E-state index contributed by atoms with van der Waals surface area (Å²) in [6.07, 6.45) is 1.50. The summed E-state index contributed by atoms with van der Waals surface area (Å²) in [4.78, 5) is 4.16. The fourth-order valence-electron chi connectivity index (χ4n) is 1.74. The van der Waals surface area contributed by atoms with Gasteiger partial charge in [0.05, 0.1) is 5.02 Å². The van der Waals surface area contributed by atoms with Gasteiger partial charge < -0.3 is 10.5 Å². The smallest absolute Gasteiger partial charge is 0.165 e. The van der Waals surface area contributed by atoms with Crippen molar-refractivity contribution in [3.05, 3.63) is 40.9 Å². The largest absolute Gasteiger partial charge is 0.484 e. The molecule has 2 rings (SSSR count). The zero-order valence-corrected chi connectivity index (χ0v) is 12.1. The summed E-state index contributed by atoms with van der Waals surface area (Å²) < 4.78 is 7.43. The van der Waals surface area contributed by atoms with E-state index in [1.165, 1.54) is 6.33 Å². The molecule has 0 radical (unpaired) electrons. The van der Waals surface area contributed by atoms with Crippen LogP contribution in [0.15, 0.2) is 24.5 Å². The first-order chi connectivity index (χ1) is 9.49. The predicted octanol–water partition coefficient (Wildman–Crippen LogP) is 2.38. The van der Waals surface area contributed by atoms with Crippen LogP contribution < -0.4 is 10.5 Å². The van der Waals surface area contributed by atoms with E-state index in [2.05, 4.69) is 10.1 Å².